The Kier molecular flexibility index (Phi) is 8.42. The highest BCUT2D eigenvalue weighted by atomic mass is 32.1. The number of para-hydroxylation sites is 1. The van der Waals surface area contributed by atoms with Gasteiger partial charge in [0.05, 0.1) is 11.4 Å². The number of fused-ring (bicyclic) bond motifs is 6. The molecule has 0 amide bonds. The molecule has 0 N–H and O–H groups in total. The normalized spacial score (nSPS) is 11.4. The molecule has 0 spiro atoms. The third kappa shape index (κ3) is 5.77. The zero-order valence-corrected chi connectivity index (χ0v) is 32.5. The number of benzene rings is 10. The molecule has 0 aliphatic rings. The molecule has 1 aromatic heterocycles. The standard InChI is InChI=1S/C56H37NS/c1-2-17-38(18-3-1)42-20-6-7-22-45(42)47-24-8-9-25-48(47)49-26-12-14-30-52(49)57(53-37-40-19-4-5-21-43(40)46-23-10-11-27-50(46)53)41-35-33-39(34-36-41)44-29-16-32-55-56(44)51-28-13-15-31-54(51)58-55/h1-37H. The predicted molar refractivity (Wildman–Crippen MR) is 251 cm³/mol. The van der Waals surface area contributed by atoms with Crippen molar-refractivity contribution >= 4 is 70.1 Å². The Morgan fingerprint density at radius 1 is 0.293 bits per heavy atom. The van der Waals surface area contributed by atoms with Crippen LogP contribution in [0.3, 0.4) is 0 Å². The monoisotopic (exact) mass is 755 g/mol. The van der Waals surface area contributed by atoms with Crippen LogP contribution in [0, 0.1) is 0 Å². The molecule has 11 aromatic rings. The predicted octanol–water partition coefficient (Wildman–Crippen LogP) is 16.5. The van der Waals surface area contributed by atoms with Crippen molar-refractivity contribution in [1.82, 2.24) is 0 Å². The highest BCUT2D eigenvalue weighted by Crippen LogP contribution is 2.48. The van der Waals surface area contributed by atoms with Gasteiger partial charge in [0.25, 0.3) is 0 Å². The fourth-order valence-corrected chi connectivity index (χ4v) is 10.0. The fourth-order valence-electron chi connectivity index (χ4n) is 8.87. The highest BCUT2D eigenvalue weighted by Gasteiger charge is 2.23. The van der Waals surface area contributed by atoms with E-state index in [1.54, 1.807) is 0 Å². The Morgan fingerprint density at radius 2 is 0.810 bits per heavy atom. The van der Waals surface area contributed by atoms with E-state index >= 15 is 0 Å². The number of rotatable bonds is 7. The van der Waals surface area contributed by atoms with Gasteiger partial charge in [-0.15, -0.1) is 11.3 Å². The first-order valence-corrected chi connectivity index (χ1v) is 20.7. The minimum absolute atomic E-state index is 1.10. The van der Waals surface area contributed by atoms with Crippen LogP contribution in [0.1, 0.15) is 0 Å². The van der Waals surface area contributed by atoms with Gasteiger partial charge in [-0.1, -0.05) is 188 Å². The Labute approximate surface area is 342 Å². The summed E-state index contributed by atoms with van der Waals surface area (Å²) < 4.78 is 2.63. The summed E-state index contributed by atoms with van der Waals surface area (Å²) in [6.07, 6.45) is 0. The average molecular weight is 756 g/mol. The molecule has 0 aliphatic carbocycles. The van der Waals surface area contributed by atoms with Gasteiger partial charge in [-0.05, 0) is 91.5 Å². The average Bonchev–Trinajstić information content (AvgIpc) is 3.69. The van der Waals surface area contributed by atoms with Crippen LogP contribution in [-0.2, 0) is 0 Å². The van der Waals surface area contributed by atoms with Crippen LogP contribution in [0.15, 0.2) is 224 Å². The molecule has 1 heterocycles. The third-order valence-electron chi connectivity index (χ3n) is 11.5. The lowest BCUT2D eigenvalue weighted by atomic mass is 9.88. The van der Waals surface area contributed by atoms with Crippen molar-refractivity contribution in [2.45, 2.75) is 0 Å². The lowest BCUT2D eigenvalue weighted by molar-refractivity contribution is 1.30. The first kappa shape index (κ1) is 34.0. The van der Waals surface area contributed by atoms with Crippen molar-refractivity contribution in [3.8, 4) is 44.5 Å². The summed E-state index contributed by atoms with van der Waals surface area (Å²) in [5.74, 6) is 0. The van der Waals surface area contributed by atoms with Gasteiger partial charge in [-0.3, -0.25) is 0 Å². The van der Waals surface area contributed by atoms with Gasteiger partial charge in [-0.25, -0.2) is 0 Å². The molecule has 0 unspecified atom stereocenters. The molecule has 0 radical (unpaired) electrons. The van der Waals surface area contributed by atoms with E-state index in [1.807, 2.05) is 11.3 Å². The first-order chi connectivity index (χ1) is 28.8. The summed E-state index contributed by atoms with van der Waals surface area (Å²) >= 11 is 1.87. The highest BCUT2D eigenvalue weighted by molar-refractivity contribution is 7.25. The Morgan fingerprint density at radius 3 is 1.59 bits per heavy atom. The van der Waals surface area contributed by atoms with E-state index in [2.05, 4.69) is 229 Å². The smallest absolute Gasteiger partial charge is 0.0546 e. The maximum absolute atomic E-state index is 2.48. The fraction of sp³-hybridized carbons (Fsp3) is 0. The summed E-state index contributed by atoms with van der Waals surface area (Å²) in [5, 5.41) is 7.55. The van der Waals surface area contributed by atoms with Crippen molar-refractivity contribution < 1.29 is 0 Å². The molecule has 1 nitrogen and oxygen atoms in total. The minimum Gasteiger partial charge on any atom is -0.309 e. The molecular weight excluding hydrogens is 719 g/mol. The van der Waals surface area contributed by atoms with Gasteiger partial charge in [-0.2, -0.15) is 0 Å². The maximum Gasteiger partial charge on any atom is 0.0546 e. The van der Waals surface area contributed by atoms with E-state index < -0.39 is 0 Å². The van der Waals surface area contributed by atoms with Gasteiger partial charge >= 0.3 is 0 Å². The zero-order chi connectivity index (χ0) is 38.4. The number of anilines is 3. The second-order valence-corrected chi connectivity index (χ2v) is 15.9. The molecule has 0 atom stereocenters. The van der Waals surface area contributed by atoms with Crippen LogP contribution in [0.5, 0.6) is 0 Å². The van der Waals surface area contributed by atoms with E-state index in [4.69, 9.17) is 0 Å². The van der Waals surface area contributed by atoms with Crippen LogP contribution < -0.4 is 4.90 Å². The minimum atomic E-state index is 1.10. The van der Waals surface area contributed by atoms with E-state index in [-0.39, 0.29) is 0 Å². The van der Waals surface area contributed by atoms with Crippen molar-refractivity contribution in [1.29, 1.82) is 0 Å². The quantitative estimate of drug-likeness (QED) is 0.146. The molecule has 0 fully saturated rings. The Hall–Kier alpha value is -7.26. The van der Waals surface area contributed by atoms with Gasteiger partial charge in [0.15, 0.2) is 0 Å². The van der Waals surface area contributed by atoms with Crippen LogP contribution in [0.25, 0.3) is 86.2 Å². The number of hydrogen-bond acceptors (Lipinski definition) is 2. The molecule has 0 saturated heterocycles. The summed E-state index contributed by atoms with van der Waals surface area (Å²) in [6, 6.07) is 82.0. The SMILES string of the molecule is c1ccc(-c2ccccc2-c2ccccc2-c2ccccc2N(c2ccc(-c3cccc4sc5ccccc5c34)cc2)c2cc3ccccc3c3ccccc23)cc1. The maximum atomic E-state index is 2.48. The Balaban J connectivity index is 1.14. The Bertz CT molecular complexity index is 3290. The van der Waals surface area contributed by atoms with Crippen molar-refractivity contribution in [3.05, 3.63) is 224 Å². The molecule has 58 heavy (non-hydrogen) atoms. The second kappa shape index (κ2) is 14.4. The molecule has 0 aliphatic heterocycles. The van der Waals surface area contributed by atoms with E-state index in [0.29, 0.717) is 0 Å². The molecular formula is C56H37NS. The van der Waals surface area contributed by atoms with Gasteiger partial charge in [0.1, 0.15) is 0 Å². The first-order valence-electron chi connectivity index (χ1n) is 19.8. The van der Waals surface area contributed by atoms with Crippen molar-refractivity contribution in [3.63, 3.8) is 0 Å². The summed E-state index contributed by atoms with van der Waals surface area (Å²) in [6.45, 7) is 0. The van der Waals surface area contributed by atoms with Gasteiger partial charge < -0.3 is 4.90 Å². The van der Waals surface area contributed by atoms with Crippen LogP contribution >= 0.6 is 11.3 Å². The molecule has 10 aromatic carbocycles. The van der Waals surface area contributed by atoms with Crippen molar-refractivity contribution in [2.24, 2.45) is 0 Å². The zero-order valence-electron chi connectivity index (χ0n) is 31.7. The number of hydrogen-bond donors (Lipinski definition) is 0. The molecule has 2 heteroatoms. The van der Waals surface area contributed by atoms with Crippen LogP contribution in [0.4, 0.5) is 17.1 Å². The lowest BCUT2D eigenvalue weighted by Gasteiger charge is -2.30. The molecule has 0 bridgehead atoms. The molecule has 0 saturated carbocycles. The van der Waals surface area contributed by atoms with E-state index in [9.17, 15) is 0 Å². The summed E-state index contributed by atoms with van der Waals surface area (Å²) in [4.78, 5) is 2.48. The van der Waals surface area contributed by atoms with Gasteiger partial charge in [0.2, 0.25) is 0 Å². The van der Waals surface area contributed by atoms with Gasteiger partial charge in [0, 0.05) is 36.8 Å². The second-order valence-electron chi connectivity index (χ2n) is 14.8. The largest absolute Gasteiger partial charge is 0.309 e. The topological polar surface area (TPSA) is 3.24 Å². The molecule has 11 rings (SSSR count). The number of thiophene rings is 1. The van der Waals surface area contributed by atoms with Crippen LogP contribution in [0.2, 0.25) is 0 Å². The lowest BCUT2D eigenvalue weighted by Crippen LogP contribution is -2.12. The third-order valence-corrected chi connectivity index (χ3v) is 12.6. The van der Waals surface area contributed by atoms with Crippen molar-refractivity contribution in [2.75, 3.05) is 4.90 Å². The molecule has 272 valence electrons. The summed E-state index contributed by atoms with van der Waals surface area (Å²) in [7, 11) is 0. The number of nitrogens with zero attached hydrogens (tertiary/aromatic N) is 1. The van der Waals surface area contributed by atoms with E-state index in [1.165, 1.54) is 80.7 Å². The van der Waals surface area contributed by atoms with Crippen LogP contribution in [-0.4, -0.2) is 0 Å². The summed E-state index contributed by atoms with van der Waals surface area (Å²) in [5.41, 5.74) is 13.0. The van der Waals surface area contributed by atoms with E-state index in [0.717, 1.165) is 22.6 Å².